The molecule has 2 amide bonds. The molecule has 0 radical (unpaired) electrons. The highest BCUT2D eigenvalue weighted by Gasteiger charge is 2.29. The molecule has 4 rings (SSSR count). The van der Waals surface area contributed by atoms with Crippen LogP contribution in [0.3, 0.4) is 0 Å². The largest absolute Gasteiger partial charge is 0.446 e. The van der Waals surface area contributed by atoms with Gasteiger partial charge in [0.1, 0.15) is 23.8 Å². The molecular formula is C24H20F3N7OS. The molecule has 0 unspecified atom stereocenters. The van der Waals surface area contributed by atoms with Crippen molar-refractivity contribution < 1.29 is 18.0 Å². The molecule has 0 fully saturated rings. The van der Waals surface area contributed by atoms with Gasteiger partial charge >= 0.3 is 11.5 Å². The van der Waals surface area contributed by atoms with Gasteiger partial charge in [0.25, 0.3) is 0 Å². The third-order valence-corrected chi connectivity index (χ3v) is 5.34. The number of rotatable bonds is 7. The summed E-state index contributed by atoms with van der Waals surface area (Å²) in [6.45, 7) is 1.97. The van der Waals surface area contributed by atoms with Crippen molar-refractivity contribution in [1.29, 1.82) is 0 Å². The summed E-state index contributed by atoms with van der Waals surface area (Å²) in [6, 6.07) is 17.3. The minimum absolute atomic E-state index is 0.0370. The molecule has 4 N–H and O–H groups in total. The fraction of sp³-hybridized carbons (Fsp3) is 0.0833. The molecule has 12 heteroatoms. The SMILES string of the molecule is Cc1ccnc(Nc2cc(Nc3ccc(NC(=O)Nc4ccc(SC(F)(F)F)cc4)cc3)ncn2)c1. The van der Waals surface area contributed by atoms with Crippen LogP contribution in [0.4, 0.5) is 52.5 Å². The van der Waals surface area contributed by atoms with E-state index in [0.29, 0.717) is 28.8 Å². The Morgan fingerprint density at radius 2 is 1.31 bits per heavy atom. The molecule has 0 saturated heterocycles. The smallest absolute Gasteiger partial charge is 0.340 e. The Morgan fingerprint density at radius 3 is 1.92 bits per heavy atom. The predicted octanol–water partition coefficient (Wildman–Crippen LogP) is 6.92. The Hall–Kier alpha value is -4.32. The Labute approximate surface area is 208 Å². The molecule has 36 heavy (non-hydrogen) atoms. The summed E-state index contributed by atoms with van der Waals surface area (Å²) in [7, 11) is 0. The monoisotopic (exact) mass is 511 g/mol. The van der Waals surface area contributed by atoms with Crippen molar-refractivity contribution in [3.8, 4) is 0 Å². The van der Waals surface area contributed by atoms with Gasteiger partial charge in [-0.05, 0) is 84.9 Å². The number of benzene rings is 2. The number of carbonyl (C=O) groups excluding carboxylic acids is 1. The van der Waals surface area contributed by atoms with Gasteiger partial charge in [-0.15, -0.1) is 0 Å². The highest BCUT2D eigenvalue weighted by molar-refractivity contribution is 8.00. The number of thioether (sulfide) groups is 1. The standard InChI is InChI=1S/C24H20F3N7OS/c1-15-10-11-28-20(12-15)34-22-13-21(29-14-30-22)31-16-2-4-17(5-3-16)32-23(35)33-18-6-8-19(9-7-18)36-24(25,26)27/h2-14H,1H3,(H2,32,33,35)(H2,28,29,30,31,34). The highest BCUT2D eigenvalue weighted by Crippen LogP contribution is 2.37. The number of aryl methyl sites for hydroxylation is 1. The van der Waals surface area contributed by atoms with Crippen LogP contribution in [0, 0.1) is 6.92 Å². The minimum Gasteiger partial charge on any atom is -0.340 e. The Kier molecular flexibility index (Phi) is 7.54. The van der Waals surface area contributed by atoms with E-state index >= 15 is 0 Å². The van der Waals surface area contributed by atoms with E-state index in [-0.39, 0.29) is 16.7 Å². The number of hydrogen-bond acceptors (Lipinski definition) is 7. The van der Waals surface area contributed by atoms with Crippen LogP contribution in [0.1, 0.15) is 5.56 Å². The highest BCUT2D eigenvalue weighted by atomic mass is 32.2. The maximum absolute atomic E-state index is 12.4. The quantitative estimate of drug-likeness (QED) is 0.200. The third kappa shape index (κ3) is 7.60. The second-order valence-electron chi connectivity index (χ2n) is 7.49. The lowest BCUT2D eigenvalue weighted by Gasteiger charge is -2.11. The Bertz CT molecular complexity index is 1330. The van der Waals surface area contributed by atoms with Crippen molar-refractivity contribution in [3.63, 3.8) is 0 Å². The first kappa shape index (κ1) is 24.8. The van der Waals surface area contributed by atoms with Crippen LogP contribution in [-0.4, -0.2) is 26.5 Å². The van der Waals surface area contributed by atoms with Gasteiger partial charge in [0.2, 0.25) is 0 Å². The normalized spacial score (nSPS) is 11.0. The molecule has 184 valence electrons. The molecule has 0 aliphatic heterocycles. The molecule has 4 aromatic rings. The molecule has 0 saturated carbocycles. The molecule has 0 bridgehead atoms. The van der Waals surface area contributed by atoms with E-state index < -0.39 is 11.5 Å². The van der Waals surface area contributed by atoms with Crippen LogP contribution in [0.25, 0.3) is 0 Å². The Morgan fingerprint density at radius 1 is 0.750 bits per heavy atom. The molecular weight excluding hydrogens is 491 g/mol. The van der Waals surface area contributed by atoms with E-state index in [4.69, 9.17) is 0 Å². The zero-order valence-corrected chi connectivity index (χ0v) is 19.6. The number of anilines is 6. The Balaban J connectivity index is 1.31. The number of nitrogens with one attached hydrogen (secondary N) is 4. The van der Waals surface area contributed by atoms with Gasteiger partial charge in [-0.3, -0.25) is 0 Å². The maximum Gasteiger partial charge on any atom is 0.446 e. The molecule has 2 aromatic heterocycles. The molecule has 8 nitrogen and oxygen atoms in total. The number of hydrogen-bond donors (Lipinski definition) is 4. The minimum atomic E-state index is -4.36. The number of urea groups is 1. The summed E-state index contributed by atoms with van der Waals surface area (Å²) in [4.78, 5) is 24.9. The third-order valence-electron chi connectivity index (χ3n) is 4.60. The van der Waals surface area contributed by atoms with E-state index in [1.54, 1.807) is 36.5 Å². The number of nitrogens with zero attached hydrogens (tertiary/aromatic N) is 3. The fourth-order valence-electron chi connectivity index (χ4n) is 3.05. The van der Waals surface area contributed by atoms with Crippen LogP contribution in [0.2, 0.25) is 0 Å². The first-order valence-corrected chi connectivity index (χ1v) is 11.4. The van der Waals surface area contributed by atoms with E-state index in [9.17, 15) is 18.0 Å². The van der Waals surface area contributed by atoms with Gasteiger partial charge in [0.15, 0.2) is 0 Å². The van der Waals surface area contributed by atoms with Gasteiger partial charge in [-0.25, -0.2) is 19.7 Å². The summed E-state index contributed by atoms with van der Waals surface area (Å²) in [5.74, 6) is 1.81. The van der Waals surface area contributed by atoms with Crippen LogP contribution in [0.15, 0.2) is 84.1 Å². The van der Waals surface area contributed by atoms with Crippen molar-refractivity contribution in [2.24, 2.45) is 0 Å². The van der Waals surface area contributed by atoms with Gasteiger partial charge in [-0.1, -0.05) is 0 Å². The van der Waals surface area contributed by atoms with Crippen molar-refractivity contribution >= 4 is 52.3 Å². The number of aromatic nitrogens is 3. The first-order chi connectivity index (χ1) is 17.2. The number of amides is 2. The average molecular weight is 512 g/mol. The fourth-order valence-corrected chi connectivity index (χ4v) is 3.59. The molecule has 0 spiro atoms. The van der Waals surface area contributed by atoms with Crippen LogP contribution >= 0.6 is 11.8 Å². The molecule has 0 atom stereocenters. The molecule has 0 aliphatic rings. The zero-order chi connectivity index (χ0) is 25.5. The lowest BCUT2D eigenvalue weighted by Crippen LogP contribution is -2.19. The van der Waals surface area contributed by atoms with Crippen LogP contribution < -0.4 is 21.3 Å². The zero-order valence-electron chi connectivity index (χ0n) is 18.8. The van der Waals surface area contributed by atoms with Crippen LogP contribution in [0.5, 0.6) is 0 Å². The van der Waals surface area contributed by atoms with Gasteiger partial charge in [0.05, 0.1) is 0 Å². The number of alkyl halides is 3. The second kappa shape index (κ2) is 11.0. The molecule has 0 aliphatic carbocycles. The summed E-state index contributed by atoms with van der Waals surface area (Å²) >= 11 is -0.214. The molecule has 2 aromatic carbocycles. The van der Waals surface area contributed by atoms with E-state index in [1.807, 2.05) is 19.1 Å². The topological polar surface area (TPSA) is 104 Å². The molecule has 2 heterocycles. The predicted molar refractivity (Wildman–Crippen MR) is 135 cm³/mol. The van der Waals surface area contributed by atoms with E-state index in [1.165, 1.54) is 30.6 Å². The summed E-state index contributed by atoms with van der Waals surface area (Å²) in [6.07, 6.45) is 3.14. The van der Waals surface area contributed by atoms with E-state index in [2.05, 4.69) is 36.2 Å². The number of carbonyl (C=O) groups is 1. The van der Waals surface area contributed by atoms with Crippen molar-refractivity contribution in [2.45, 2.75) is 17.3 Å². The van der Waals surface area contributed by atoms with Crippen molar-refractivity contribution in [3.05, 3.63) is 84.8 Å². The summed E-state index contributed by atoms with van der Waals surface area (Å²) in [5.41, 5.74) is -1.67. The van der Waals surface area contributed by atoms with Crippen LogP contribution in [-0.2, 0) is 0 Å². The lowest BCUT2D eigenvalue weighted by atomic mass is 10.2. The number of pyridine rings is 1. The van der Waals surface area contributed by atoms with E-state index in [0.717, 1.165) is 11.3 Å². The van der Waals surface area contributed by atoms with Gasteiger partial charge < -0.3 is 21.3 Å². The number of halogens is 3. The average Bonchev–Trinajstić information content (AvgIpc) is 2.81. The van der Waals surface area contributed by atoms with Crippen molar-refractivity contribution in [1.82, 2.24) is 15.0 Å². The second-order valence-corrected chi connectivity index (χ2v) is 8.62. The van der Waals surface area contributed by atoms with Crippen molar-refractivity contribution in [2.75, 3.05) is 21.3 Å². The van der Waals surface area contributed by atoms with Gasteiger partial charge in [0, 0.05) is 34.2 Å². The summed E-state index contributed by atoms with van der Waals surface area (Å²) < 4.78 is 37.3. The first-order valence-electron chi connectivity index (χ1n) is 10.5. The lowest BCUT2D eigenvalue weighted by molar-refractivity contribution is -0.0328. The van der Waals surface area contributed by atoms with Gasteiger partial charge in [-0.2, -0.15) is 13.2 Å². The summed E-state index contributed by atoms with van der Waals surface area (Å²) in [5, 5.41) is 11.5. The maximum atomic E-state index is 12.4.